The van der Waals surface area contributed by atoms with E-state index in [9.17, 15) is 0 Å². The molecule has 19 heavy (non-hydrogen) atoms. The molecule has 0 aliphatic carbocycles. The Bertz CT molecular complexity index is 517. The first kappa shape index (κ1) is 13.6. The highest BCUT2D eigenvalue weighted by atomic mass is 15.1. The van der Waals surface area contributed by atoms with Gasteiger partial charge >= 0.3 is 0 Å². The highest BCUT2D eigenvalue weighted by Crippen LogP contribution is 2.21. The van der Waals surface area contributed by atoms with Gasteiger partial charge in [-0.2, -0.15) is 0 Å². The van der Waals surface area contributed by atoms with Crippen LogP contribution in [0.5, 0.6) is 0 Å². The van der Waals surface area contributed by atoms with Gasteiger partial charge in [-0.1, -0.05) is 48.0 Å². The molecule has 0 unspecified atom stereocenters. The monoisotopic (exact) mass is 254 g/mol. The van der Waals surface area contributed by atoms with Crippen LogP contribution in [0.25, 0.3) is 0 Å². The van der Waals surface area contributed by atoms with Crippen molar-refractivity contribution in [3.63, 3.8) is 0 Å². The average molecular weight is 254 g/mol. The van der Waals surface area contributed by atoms with Crippen molar-refractivity contribution in [1.82, 2.24) is 0 Å². The molecular formula is C17H22N2. The molecule has 0 bridgehead atoms. The molecule has 0 fully saturated rings. The van der Waals surface area contributed by atoms with Gasteiger partial charge in [-0.15, -0.1) is 0 Å². The summed E-state index contributed by atoms with van der Waals surface area (Å²) in [6.45, 7) is 6.71. The van der Waals surface area contributed by atoms with Crippen LogP contribution in [0.2, 0.25) is 0 Å². The smallest absolute Gasteiger partial charge is 0.0430 e. The first-order valence-electron chi connectivity index (χ1n) is 6.77. The first-order chi connectivity index (χ1) is 9.20. The maximum absolute atomic E-state index is 5.75. The van der Waals surface area contributed by atoms with Crippen LogP contribution in [-0.2, 0) is 6.54 Å². The van der Waals surface area contributed by atoms with Gasteiger partial charge in [-0.05, 0) is 31.0 Å². The molecule has 2 nitrogen and oxygen atoms in total. The molecule has 100 valence electrons. The van der Waals surface area contributed by atoms with Crippen LogP contribution in [-0.4, -0.2) is 13.1 Å². The zero-order chi connectivity index (χ0) is 13.7. The summed E-state index contributed by atoms with van der Waals surface area (Å²) < 4.78 is 0. The van der Waals surface area contributed by atoms with E-state index in [2.05, 4.69) is 67.3 Å². The van der Waals surface area contributed by atoms with Crippen molar-refractivity contribution in [2.75, 3.05) is 18.0 Å². The van der Waals surface area contributed by atoms with Crippen LogP contribution in [0.15, 0.2) is 48.5 Å². The Morgan fingerprint density at radius 2 is 1.63 bits per heavy atom. The molecule has 0 saturated carbocycles. The Kier molecular flexibility index (Phi) is 4.58. The second kappa shape index (κ2) is 6.39. The molecule has 0 amide bonds. The van der Waals surface area contributed by atoms with E-state index >= 15 is 0 Å². The number of rotatable bonds is 5. The van der Waals surface area contributed by atoms with Gasteiger partial charge in [0.15, 0.2) is 0 Å². The average Bonchev–Trinajstić information content (AvgIpc) is 2.41. The van der Waals surface area contributed by atoms with Crippen LogP contribution < -0.4 is 10.6 Å². The third-order valence-electron chi connectivity index (χ3n) is 3.35. The molecule has 0 radical (unpaired) electrons. The molecule has 2 aromatic rings. The highest BCUT2D eigenvalue weighted by molar-refractivity contribution is 5.53. The molecule has 0 atom stereocenters. The quantitative estimate of drug-likeness (QED) is 0.887. The summed E-state index contributed by atoms with van der Waals surface area (Å²) >= 11 is 0. The largest absolute Gasteiger partial charge is 0.366 e. The highest BCUT2D eigenvalue weighted by Gasteiger charge is 2.08. The lowest BCUT2D eigenvalue weighted by Gasteiger charge is -2.26. The third-order valence-corrected chi connectivity index (χ3v) is 3.35. The molecule has 0 aromatic heterocycles. The number of hydrogen-bond donors (Lipinski definition) is 1. The van der Waals surface area contributed by atoms with E-state index in [1.165, 1.54) is 22.4 Å². The lowest BCUT2D eigenvalue weighted by Crippen LogP contribution is -2.29. The van der Waals surface area contributed by atoms with Crippen molar-refractivity contribution >= 4 is 5.69 Å². The maximum Gasteiger partial charge on any atom is 0.0430 e. The fourth-order valence-electron chi connectivity index (χ4n) is 2.27. The first-order valence-corrected chi connectivity index (χ1v) is 6.77. The number of nitrogens with two attached hydrogens (primary N) is 1. The summed E-state index contributed by atoms with van der Waals surface area (Å²) in [5, 5.41) is 0. The topological polar surface area (TPSA) is 29.3 Å². The van der Waals surface area contributed by atoms with Crippen LogP contribution in [0, 0.1) is 13.8 Å². The van der Waals surface area contributed by atoms with Gasteiger partial charge < -0.3 is 10.6 Å². The number of anilines is 1. The summed E-state index contributed by atoms with van der Waals surface area (Å²) in [5.74, 6) is 0. The third kappa shape index (κ3) is 3.58. The van der Waals surface area contributed by atoms with Crippen molar-refractivity contribution in [3.05, 3.63) is 65.2 Å². The van der Waals surface area contributed by atoms with Crippen LogP contribution in [0.4, 0.5) is 5.69 Å². The molecule has 2 N–H and O–H groups in total. The van der Waals surface area contributed by atoms with Gasteiger partial charge in [0, 0.05) is 25.3 Å². The van der Waals surface area contributed by atoms with E-state index in [-0.39, 0.29) is 0 Å². The Morgan fingerprint density at radius 1 is 0.947 bits per heavy atom. The van der Waals surface area contributed by atoms with E-state index in [0.29, 0.717) is 6.54 Å². The van der Waals surface area contributed by atoms with E-state index in [1.807, 2.05) is 0 Å². The lowest BCUT2D eigenvalue weighted by molar-refractivity contribution is 0.787. The zero-order valence-electron chi connectivity index (χ0n) is 11.8. The van der Waals surface area contributed by atoms with Gasteiger partial charge in [0.2, 0.25) is 0 Å². The van der Waals surface area contributed by atoms with Gasteiger partial charge in [-0.25, -0.2) is 0 Å². The zero-order valence-corrected chi connectivity index (χ0v) is 11.8. The standard InChI is InChI=1S/C17H22N2/c1-14-7-9-16(10-8-14)13-19(12-11-18)17-6-4-3-5-15(17)2/h3-10H,11-13,18H2,1-2H3. The molecule has 0 aliphatic heterocycles. The van der Waals surface area contributed by atoms with E-state index in [4.69, 9.17) is 5.73 Å². The normalized spacial score (nSPS) is 10.5. The summed E-state index contributed by atoms with van der Waals surface area (Å²) in [6.07, 6.45) is 0. The Hall–Kier alpha value is -1.80. The maximum atomic E-state index is 5.75. The van der Waals surface area contributed by atoms with E-state index in [0.717, 1.165) is 13.1 Å². The summed E-state index contributed by atoms with van der Waals surface area (Å²) in [7, 11) is 0. The van der Waals surface area contributed by atoms with Crippen LogP contribution in [0.3, 0.4) is 0 Å². The Labute approximate surface area is 115 Å². The molecule has 2 heteroatoms. The number of nitrogens with zero attached hydrogens (tertiary/aromatic N) is 1. The molecular weight excluding hydrogens is 232 g/mol. The van der Waals surface area contributed by atoms with Crippen molar-refractivity contribution < 1.29 is 0 Å². The number of para-hydroxylation sites is 1. The van der Waals surface area contributed by atoms with Crippen molar-refractivity contribution in [2.45, 2.75) is 20.4 Å². The molecule has 0 heterocycles. The molecule has 2 rings (SSSR count). The number of aryl methyl sites for hydroxylation is 2. The SMILES string of the molecule is Cc1ccc(CN(CCN)c2ccccc2C)cc1. The van der Waals surface area contributed by atoms with E-state index in [1.54, 1.807) is 0 Å². The molecule has 0 aliphatic rings. The molecule has 0 spiro atoms. The Morgan fingerprint density at radius 3 is 2.26 bits per heavy atom. The van der Waals surface area contributed by atoms with Crippen molar-refractivity contribution in [1.29, 1.82) is 0 Å². The minimum Gasteiger partial charge on any atom is -0.366 e. The van der Waals surface area contributed by atoms with Gasteiger partial charge in [0.25, 0.3) is 0 Å². The second-order valence-corrected chi connectivity index (χ2v) is 4.98. The van der Waals surface area contributed by atoms with Gasteiger partial charge in [0.05, 0.1) is 0 Å². The fraction of sp³-hybridized carbons (Fsp3) is 0.294. The van der Waals surface area contributed by atoms with Crippen LogP contribution >= 0.6 is 0 Å². The minimum absolute atomic E-state index is 0.667. The molecule has 0 saturated heterocycles. The lowest BCUT2D eigenvalue weighted by atomic mass is 10.1. The summed E-state index contributed by atoms with van der Waals surface area (Å²) in [4.78, 5) is 2.35. The fourth-order valence-corrected chi connectivity index (χ4v) is 2.27. The number of hydrogen-bond acceptors (Lipinski definition) is 2. The summed E-state index contributed by atoms with van der Waals surface area (Å²) in [5.41, 5.74) is 10.9. The summed E-state index contributed by atoms with van der Waals surface area (Å²) in [6, 6.07) is 17.2. The van der Waals surface area contributed by atoms with E-state index < -0.39 is 0 Å². The molecule has 2 aromatic carbocycles. The Balaban J connectivity index is 2.21. The van der Waals surface area contributed by atoms with Crippen LogP contribution in [0.1, 0.15) is 16.7 Å². The second-order valence-electron chi connectivity index (χ2n) is 4.98. The van der Waals surface area contributed by atoms with Crippen molar-refractivity contribution in [2.24, 2.45) is 5.73 Å². The van der Waals surface area contributed by atoms with Crippen molar-refractivity contribution in [3.8, 4) is 0 Å². The predicted octanol–water partition coefficient (Wildman–Crippen LogP) is 3.27. The van der Waals surface area contributed by atoms with Gasteiger partial charge in [-0.3, -0.25) is 0 Å². The minimum atomic E-state index is 0.667. The predicted molar refractivity (Wildman–Crippen MR) is 82.5 cm³/mol. The number of benzene rings is 2. The van der Waals surface area contributed by atoms with Gasteiger partial charge in [0.1, 0.15) is 0 Å².